The summed E-state index contributed by atoms with van der Waals surface area (Å²) in [6.07, 6.45) is 4.20. The third-order valence-electron chi connectivity index (χ3n) is 5.13. The molecule has 158 valence electrons. The lowest BCUT2D eigenvalue weighted by Gasteiger charge is -2.30. The molecule has 0 radical (unpaired) electrons. The summed E-state index contributed by atoms with van der Waals surface area (Å²) in [6.45, 7) is 6.18. The SMILES string of the molecule is CC1=C(C(=O)O)C(c2ccccc2Cl)C(C(=O)OCCCn2ccnc2C)=C(C)N1. The van der Waals surface area contributed by atoms with E-state index >= 15 is 0 Å². The van der Waals surface area contributed by atoms with Crippen molar-refractivity contribution in [3.8, 4) is 0 Å². The first-order valence-electron chi connectivity index (χ1n) is 9.62. The number of carboxylic acids is 1. The number of carboxylic acid groups (broad SMARTS) is 1. The van der Waals surface area contributed by atoms with Gasteiger partial charge in [-0.25, -0.2) is 14.6 Å². The van der Waals surface area contributed by atoms with Crippen LogP contribution in [0.2, 0.25) is 5.02 Å². The predicted molar refractivity (Wildman–Crippen MR) is 113 cm³/mol. The zero-order chi connectivity index (χ0) is 21.8. The molecule has 1 aliphatic rings. The Labute approximate surface area is 180 Å². The summed E-state index contributed by atoms with van der Waals surface area (Å²) in [5.74, 6) is -1.60. The summed E-state index contributed by atoms with van der Waals surface area (Å²) in [5, 5.41) is 13.2. The zero-order valence-electron chi connectivity index (χ0n) is 17.1. The number of allylic oxidation sites excluding steroid dienone is 2. The summed E-state index contributed by atoms with van der Waals surface area (Å²) in [5.41, 5.74) is 1.91. The molecule has 1 aromatic carbocycles. The van der Waals surface area contributed by atoms with Crippen LogP contribution in [-0.2, 0) is 20.9 Å². The van der Waals surface area contributed by atoms with Crippen molar-refractivity contribution in [3.05, 3.63) is 75.6 Å². The minimum Gasteiger partial charge on any atom is -0.478 e. The second-order valence-electron chi connectivity index (χ2n) is 7.12. The first kappa shape index (κ1) is 21.6. The number of hydrogen-bond donors (Lipinski definition) is 2. The van der Waals surface area contributed by atoms with E-state index in [-0.39, 0.29) is 17.8 Å². The summed E-state index contributed by atoms with van der Waals surface area (Å²) in [4.78, 5) is 29.2. The summed E-state index contributed by atoms with van der Waals surface area (Å²) >= 11 is 6.37. The van der Waals surface area contributed by atoms with Crippen LogP contribution < -0.4 is 5.32 Å². The number of hydrogen-bond acceptors (Lipinski definition) is 5. The van der Waals surface area contributed by atoms with E-state index in [1.54, 1.807) is 44.3 Å². The molecular formula is C22H24ClN3O4. The lowest BCUT2D eigenvalue weighted by Crippen LogP contribution is -2.32. The third kappa shape index (κ3) is 4.41. The first-order chi connectivity index (χ1) is 14.3. The van der Waals surface area contributed by atoms with Gasteiger partial charge in [0.2, 0.25) is 0 Å². The monoisotopic (exact) mass is 429 g/mol. The Hall–Kier alpha value is -3.06. The van der Waals surface area contributed by atoms with Crippen molar-refractivity contribution < 1.29 is 19.4 Å². The third-order valence-corrected chi connectivity index (χ3v) is 5.47. The molecule has 1 aliphatic heterocycles. The number of benzene rings is 1. The maximum Gasteiger partial charge on any atom is 0.336 e. The van der Waals surface area contributed by atoms with Crippen LogP contribution in [0, 0.1) is 6.92 Å². The molecule has 0 amide bonds. The number of nitrogens with zero attached hydrogens (tertiary/aromatic N) is 2. The number of nitrogens with one attached hydrogen (secondary N) is 1. The molecule has 7 nitrogen and oxygen atoms in total. The van der Waals surface area contributed by atoms with Gasteiger partial charge in [-0.3, -0.25) is 0 Å². The summed E-state index contributed by atoms with van der Waals surface area (Å²) in [6, 6.07) is 6.94. The molecule has 0 spiro atoms. The Morgan fingerprint density at radius 2 is 1.90 bits per heavy atom. The van der Waals surface area contributed by atoms with E-state index < -0.39 is 17.9 Å². The summed E-state index contributed by atoms with van der Waals surface area (Å²) in [7, 11) is 0. The van der Waals surface area contributed by atoms with Crippen molar-refractivity contribution in [1.29, 1.82) is 0 Å². The Morgan fingerprint density at radius 1 is 1.20 bits per heavy atom. The van der Waals surface area contributed by atoms with E-state index in [1.807, 2.05) is 17.7 Å². The number of carbonyl (C=O) groups excluding carboxylic acids is 1. The molecule has 30 heavy (non-hydrogen) atoms. The number of rotatable bonds is 7. The van der Waals surface area contributed by atoms with Gasteiger partial charge in [0, 0.05) is 35.4 Å². The van der Waals surface area contributed by atoms with Gasteiger partial charge in [-0.05, 0) is 38.8 Å². The van der Waals surface area contributed by atoms with Gasteiger partial charge < -0.3 is 19.7 Å². The van der Waals surface area contributed by atoms with Gasteiger partial charge in [-0.2, -0.15) is 0 Å². The molecule has 0 saturated carbocycles. The van der Waals surface area contributed by atoms with Crippen molar-refractivity contribution >= 4 is 23.5 Å². The molecule has 2 aromatic rings. The standard InChI is InChI=1S/C22H24ClN3O4/c1-13-18(21(27)28)20(16-7-4-5-8-17(16)23)19(14(2)25-13)22(29)30-12-6-10-26-11-9-24-15(26)3/h4-5,7-9,11,20,25H,6,10,12H2,1-3H3,(H,27,28). The Balaban J connectivity index is 1.84. The first-order valence-corrected chi connectivity index (χ1v) is 10.00. The number of dihydropyridines is 1. The van der Waals surface area contributed by atoms with Gasteiger partial charge >= 0.3 is 11.9 Å². The number of halogens is 1. The van der Waals surface area contributed by atoms with Crippen LogP contribution in [0.3, 0.4) is 0 Å². The molecule has 3 rings (SSSR count). The summed E-state index contributed by atoms with van der Waals surface area (Å²) < 4.78 is 7.49. The fraction of sp³-hybridized carbons (Fsp3) is 0.318. The molecule has 2 heterocycles. The van der Waals surface area contributed by atoms with Crippen LogP contribution in [0.1, 0.15) is 37.6 Å². The predicted octanol–water partition coefficient (Wildman–Crippen LogP) is 3.80. The smallest absolute Gasteiger partial charge is 0.336 e. The van der Waals surface area contributed by atoms with Crippen molar-refractivity contribution in [2.75, 3.05) is 6.61 Å². The molecule has 8 heteroatoms. The highest BCUT2D eigenvalue weighted by atomic mass is 35.5. The van der Waals surface area contributed by atoms with E-state index in [4.69, 9.17) is 16.3 Å². The molecule has 1 aromatic heterocycles. The molecular weight excluding hydrogens is 406 g/mol. The lowest BCUT2D eigenvalue weighted by atomic mass is 9.80. The van der Waals surface area contributed by atoms with Crippen LogP contribution in [-0.4, -0.2) is 33.2 Å². The van der Waals surface area contributed by atoms with Crippen LogP contribution >= 0.6 is 11.6 Å². The minimum atomic E-state index is -1.11. The second-order valence-corrected chi connectivity index (χ2v) is 7.53. The van der Waals surface area contributed by atoms with E-state index in [0.717, 1.165) is 5.82 Å². The largest absolute Gasteiger partial charge is 0.478 e. The van der Waals surface area contributed by atoms with Crippen LogP contribution in [0.4, 0.5) is 0 Å². The minimum absolute atomic E-state index is 0.0784. The normalized spacial score (nSPS) is 16.5. The molecule has 1 unspecified atom stereocenters. The fourth-order valence-electron chi connectivity index (χ4n) is 3.69. The van der Waals surface area contributed by atoms with Crippen molar-refractivity contribution in [1.82, 2.24) is 14.9 Å². The highest BCUT2D eigenvalue weighted by molar-refractivity contribution is 6.31. The molecule has 0 saturated heterocycles. The quantitative estimate of drug-likeness (QED) is 0.513. The number of aromatic nitrogens is 2. The van der Waals surface area contributed by atoms with Crippen molar-refractivity contribution in [3.63, 3.8) is 0 Å². The van der Waals surface area contributed by atoms with E-state index in [2.05, 4.69) is 10.3 Å². The molecule has 2 N–H and O–H groups in total. The lowest BCUT2D eigenvalue weighted by molar-refractivity contribution is -0.139. The molecule has 1 atom stereocenters. The fourth-order valence-corrected chi connectivity index (χ4v) is 3.93. The average Bonchev–Trinajstić information content (AvgIpc) is 3.09. The zero-order valence-corrected chi connectivity index (χ0v) is 17.9. The van der Waals surface area contributed by atoms with E-state index in [1.165, 1.54) is 0 Å². The van der Waals surface area contributed by atoms with Gasteiger partial charge in [0.25, 0.3) is 0 Å². The Bertz CT molecular complexity index is 1040. The molecule has 0 aliphatic carbocycles. The topological polar surface area (TPSA) is 93.5 Å². The van der Waals surface area contributed by atoms with Gasteiger partial charge in [0.15, 0.2) is 0 Å². The average molecular weight is 430 g/mol. The van der Waals surface area contributed by atoms with Gasteiger partial charge in [-0.1, -0.05) is 29.8 Å². The second kappa shape index (κ2) is 9.17. The Morgan fingerprint density at radius 3 is 2.53 bits per heavy atom. The molecule has 0 fully saturated rings. The number of esters is 1. The number of carbonyl (C=O) groups is 2. The van der Waals surface area contributed by atoms with Crippen LogP contribution in [0.15, 0.2) is 59.2 Å². The maximum atomic E-state index is 13.0. The maximum absolute atomic E-state index is 13.0. The van der Waals surface area contributed by atoms with Gasteiger partial charge in [0.05, 0.1) is 23.7 Å². The van der Waals surface area contributed by atoms with Gasteiger partial charge in [0.1, 0.15) is 5.82 Å². The van der Waals surface area contributed by atoms with Gasteiger partial charge in [-0.15, -0.1) is 0 Å². The van der Waals surface area contributed by atoms with Crippen molar-refractivity contribution in [2.45, 2.75) is 39.7 Å². The number of aliphatic carboxylic acids is 1. The Kier molecular flexibility index (Phi) is 6.62. The van der Waals surface area contributed by atoms with Crippen LogP contribution in [0.5, 0.6) is 0 Å². The number of ether oxygens (including phenoxy) is 1. The molecule has 0 bridgehead atoms. The number of aryl methyl sites for hydroxylation is 2. The van der Waals surface area contributed by atoms with E-state index in [9.17, 15) is 14.7 Å². The number of imidazole rings is 1. The highest BCUT2D eigenvalue weighted by Crippen LogP contribution is 2.41. The van der Waals surface area contributed by atoms with Crippen LogP contribution in [0.25, 0.3) is 0 Å². The van der Waals surface area contributed by atoms with Crippen molar-refractivity contribution in [2.24, 2.45) is 0 Å². The highest BCUT2D eigenvalue weighted by Gasteiger charge is 2.38. The van der Waals surface area contributed by atoms with E-state index in [0.29, 0.717) is 34.9 Å².